The Labute approximate surface area is 83.5 Å². The first-order valence-corrected chi connectivity index (χ1v) is 5.36. The summed E-state index contributed by atoms with van der Waals surface area (Å²) in [7, 11) is 2.44. The fourth-order valence-corrected chi connectivity index (χ4v) is 1.11. The van der Waals surface area contributed by atoms with Gasteiger partial charge in [-0.3, -0.25) is 9.88 Å². The minimum Gasteiger partial charge on any atom is -0.343 e. The lowest BCUT2D eigenvalue weighted by atomic mass is 10.2. The Bertz CT molecular complexity index is 142. The van der Waals surface area contributed by atoms with Crippen LogP contribution in [0.25, 0.3) is 0 Å². The largest absolute Gasteiger partial charge is 0.343 e. The highest BCUT2D eigenvalue weighted by Crippen LogP contribution is 2.12. The van der Waals surface area contributed by atoms with Crippen LogP contribution >= 0.6 is 9.39 Å². The molecule has 1 fully saturated rings. The molecule has 2 unspecified atom stereocenters. The van der Waals surface area contributed by atoms with Crippen molar-refractivity contribution in [2.24, 2.45) is 0 Å². The fourth-order valence-electron chi connectivity index (χ4n) is 1.11. The molecule has 1 amide bonds. The number of nitrogens with zero attached hydrogens (tertiary/aromatic N) is 1. The summed E-state index contributed by atoms with van der Waals surface area (Å²) in [6.45, 7) is 7.23. The second-order valence-electron chi connectivity index (χ2n) is 3.66. The number of hydrogen-bond acceptors (Lipinski definition) is 2. The highest BCUT2D eigenvalue weighted by molar-refractivity contribution is 7.13. The monoisotopic (exact) mass is 204 g/mol. The van der Waals surface area contributed by atoms with Crippen LogP contribution < -0.4 is 5.09 Å². The molecule has 2 atom stereocenters. The van der Waals surface area contributed by atoms with Crippen LogP contribution in [-0.4, -0.2) is 29.9 Å². The molecular weight excluding hydrogens is 183 g/mol. The molecule has 0 aliphatic carbocycles. The summed E-state index contributed by atoms with van der Waals surface area (Å²) >= 11 is 0. The number of carbonyl (C=O) groups is 1. The quantitative estimate of drug-likeness (QED) is 0.544. The minimum absolute atomic E-state index is 0.493. The van der Waals surface area contributed by atoms with Gasteiger partial charge in [0, 0.05) is 18.6 Å². The van der Waals surface area contributed by atoms with Gasteiger partial charge in [0.25, 0.3) is 0 Å². The summed E-state index contributed by atoms with van der Waals surface area (Å²) in [4.78, 5) is 12.0. The number of nitrogens with one attached hydrogen (secondary N) is 1. The normalized spacial score (nSPS) is 21.3. The molecule has 1 rings (SSSR count). The van der Waals surface area contributed by atoms with Crippen molar-refractivity contribution in [1.29, 1.82) is 0 Å². The third-order valence-corrected chi connectivity index (χ3v) is 2.74. The van der Waals surface area contributed by atoms with Crippen LogP contribution in [0.5, 0.6) is 0 Å². The van der Waals surface area contributed by atoms with Crippen molar-refractivity contribution in [2.75, 3.05) is 6.54 Å². The van der Waals surface area contributed by atoms with E-state index in [4.69, 9.17) is 0 Å². The summed E-state index contributed by atoms with van der Waals surface area (Å²) < 4.78 is 0. The van der Waals surface area contributed by atoms with Crippen molar-refractivity contribution in [2.45, 2.75) is 45.7 Å². The van der Waals surface area contributed by atoms with Gasteiger partial charge in [0.2, 0.25) is 6.41 Å². The molecular formula is C9H21N2OP. The summed E-state index contributed by atoms with van der Waals surface area (Å²) in [5.41, 5.74) is 0. The summed E-state index contributed by atoms with van der Waals surface area (Å²) in [6.07, 6.45) is 3.30. The number of carbonyl (C=O) groups excluding carboxylic acids is 1. The molecule has 1 aliphatic rings. The topological polar surface area (TPSA) is 32.3 Å². The molecule has 0 aromatic rings. The molecule has 78 valence electrons. The van der Waals surface area contributed by atoms with E-state index >= 15 is 0 Å². The smallest absolute Gasteiger partial charge is 0.209 e. The maximum absolute atomic E-state index is 10.1. The zero-order valence-electron chi connectivity index (χ0n) is 8.79. The van der Waals surface area contributed by atoms with Gasteiger partial charge in [0.05, 0.1) is 0 Å². The zero-order valence-corrected chi connectivity index (χ0v) is 9.94. The highest BCUT2D eigenvalue weighted by atomic mass is 31.0. The van der Waals surface area contributed by atoms with E-state index < -0.39 is 0 Å². The molecule has 1 saturated heterocycles. The lowest BCUT2D eigenvalue weighted by Gasteiger charge is -2.13. The molecule has 0 bridgehead atoms. The Hall–Kier alpha value is -0.140. The predicted molar refractivity (Wildman–Crippen MR) is 59.4 cm³/mol. The van der Waals surface area contributed by atoms with E-state index in [1.165, 1.54) is 12.8 Å². The first-order chi connectivity index (χ1) is 6.11. The van der Waals surface area contributed by atoms with Crippen molar-refractivity contribution in [3.8, 4) is 0 Å². The average Bonchev–Trinajstić information content (AvgIpc) is 2.52. The standard InChI is InChI=1S/C6H11NO.C3H10NP/c1-6-3-2-4-7(6)5-8;1-3(2)4-5/h5-6H,2-4H2,1H3;3-4H,5H2,1-2H3. The SMILES string of the molecule is CC(C)NP.CC1CCCN1C=O. The van der Waals surface area contributed by atoms with Gasteiger partial charge in [-0.2, -0.15) is 0 Å². The Balaban J connectivity index is 0.000000252. The molecule has 0 spiro atoms. The molecule has 1 heterocycles. The van der Waals surface area contributed by atoms with Crippen LogP contribution in [0.4, 0.5) is 0 Å². The lowest BCUT2D eigenvalue weighted by molar-refractivity contribution is -0.118. The maximum atomic E-state index is 10.1. The first-order valence-electron chi connectivity index (χ1n) is 4.79. The van der Waals surface area contributed by atoms with E-state index in [1.54, 1.807) is 0 Å². The van der Waals surface area contributed by atoms with Crippen LogP contribution in [0.2, 0.25) is 0 Å². The Morgan fingerprint density at radius 3 is 2.31 bits per heavy atom. The van der Waals surface area contributed by atoms with Gasteiger partial charge in [-0.25, -0.2) is 0 Å². The van der Waals surface area contributed by atoms with Gasteiger partial charge >= 0.3 is 0 Å². The van der Waals surface area contributed by atoms with Crippen LogP contribution in [0, 0.1) is 0 Å². The van der Waals surface area contributed by atoms with E-state index in [-0.39, 0.29) is 0 Å². The predicted octanol–water partition coefficient (Wildman–Crippen LogP) is 1.40. The van der Waals surface area contributed by atoms with Crippen LogP contribution in [-0.2, 0) is 4.79 Å². The van der Waals surface area contributed by atoms with Crippen LogP contribution in [0.1, 0.15) is 33.6 Å². The second kappa shape index (κ2) is 7.28. The Kier molecular flexibility index (Phi) is 7.20. The lowest BCUT2D eigenvalue weighted by Crippen LogP contribution is -2.24. The van der Waals surface area contributed by atoms with Gasteiger partial charge in [0.15, 0.2) is 0 Å². The van der Waals surface area contributed by atoms with Crippen molar-refractivity contribution in [3.63, 3.8) is 0 Å². The minimum atomic E-state index is 0.493. The number of hydrogen-bond donors (Lipinski definition) is 1. The van der Waals surface area contributed by atoms with Crippen molar-refractivity contribution in [1.82, 2.24) is 9.99 Å². The van der Waals surface area contributed by atoms with E-state index in [2.05, 4.69) is 35.2 Å². The molecule has 4 heteroatoms. The van der Waals surface area contributed by atoms with Crippen molar-refractivity contribution in [3.05, 3.63) is 0 Å². The molecule has 0 aromatic carbocycles. The third kappa shape index (κ3) is 6.00. The van der Waals surface area contributed by atoms with Gasteiger partial charge in [-0.15, -0.1) is 0 Å². The number of likely N-dealkylation sites (tertiary alicyclic amines) is 1. The van der Waals surface area contributed by atoms with Crippen LogP contribution in [0.15, 0.2) is 0 Å². The van der Waals surface area contributed by atoms with E-state index in [1.807, 2.05) is 4.90 Å². The van der Waals surface area contributed by atoms with Crippen molar-refractivity contribution >= 4 is 15.8 Å². The molecule has 3 nitrogen and oxygen atoms in total. The zero-order chi connectivity index (χ0) is 10.3. The molecule has 1 aliphatic heterocycles. The summed E-state index contributed by atoms with van der Waals surface area (Å²) in [6, 6.07) is 1.09. The molecule has 0 saturated carbocycles. The summed E-state index contributed by atoms with van der Waals surface area (Å²) in [5.74, 6) is 0. The first kappa shape index (κ1) is 12.9. The molecule has 0 radical (unpaired) electrons. The fraction of sp³-hybridized carbons (Fsp3) is 0.889. The number of rotatable bonds is 2. The Morgan fingerprint density at radius 1 is 1.62 bits per heavy atom. The van der Waals surface area contributed by atoms with Gasteiger partial charge < -0.3 is 4.90 Å². The van der Waals surface area contributed by atoms with Crippen LogP contribution in [0.3, 0.4) is 0 Å². The molecule has 1 N–H and O–H groups in total. The van der Waals surface area contributed by atoms with Gasteiger partial charge in [-0.1, -0.05) is 9.39 Å². The molecule has 13 heavy (non-hydrogen) atoms. The van der Waals surface area contributed by atoms with Gasteiger partial charge in [0.1, 0.15) is 0 Å². The number of amides is 1. The second-order valence-corrected chi connectivity index (χ2v) is 3.99. The van der Waals surface area contributed by atoms with Gasteiger partial charge in [-0.05, 0) is 33.6 Å². The molecule has 0 aromatic heterocycles. The van der Waals surface area contributed by atoms with Crippen molar-refractivity contribution < 1.29 is 4.79 Å². The van der Waals surface area contributed by atoms with E-state index in [0.29, 0.717) is 12.1 Å². The Morgan fingerprint density at radius 2 is 2.15 bits per heavy atom. The summed E-state index contributed by atoms with van der Waals surface area (Å²) in [5, 5.41) is 2.94. The third-order valence-electron chi connectivity index (χ3n) is 2.07. The maximum Gasteiger partial charge on any atom is 0.209 e. The average molecular weight is 204 g/mol. The van der Waals surface area contributed by atoms with E-state index in [9.17, 15) is 4.79 Å². The highest BCUT2D eigenvalue weighted by Gasteiger charge is 2.16. The van der Waals surface area contributed by atoms with E-state index in [0.717, 1.165) is 13.0 Å².